The first-order valence-electron chi connectivity index (χ1n) is 9.43. The van der Waals surface area contributed by atoms with Gasteiger partial charge >= 0.3 is 0 Å². The minimum Gasteiger partial charge on any atom is -0.457 e. The lowest BCUT2D eigenvalue weighted by Gasteiger charge is -2.20. The molecule has 3 aromatic rings. The molecule has 1 aromatic heterocycles. The molecule has 0 radical (unpaired) electrons. The summed E-state index contributed by atoms with van der Waals surface area (Å²) < 4.78 is 5.84. The zero-order valence-corrected chi connectivity index (χ0v) is 16.7. The van der Waals surface area contributed by atoms with E-state index in [0.717, 1.165) is 52.7 Å². The Bertz CT molecular complexity index is 850. The van der Waals surface area contributed by atoms with Crippen molar-refractivity contribution in [3.8, 4) is 21.9 Å². The van der Waals surface area contributed by atoms with Crippen molar-refractivity contribution in [2.24, 2.45) is 0 Å². The lowest BCUT2D eigenvalue weighted by Crippen LogP contribution is -2.31. The van der Waals surface area contributed by atoms with Crippen molar-refractivity contribution >= 4 is 17.2 Å². The molecular weight excluding hydrogens is 354 g/mol. The van der Waals surface area contributed by atoms with Crippen LogP contribution in [0.4, 0.5) is 0 Å². The number of carbonyl (C=O) groups is 1. The first kappa shape index (κ1) is 19.2. The predicted molar refractivity (Wildman–Crippen MR) is 113 cm³/mol. The SMILES string of the molecule is CCCN(CCC)C(=O)c1ccc(-c2ccc(Oc3ccccc3)cc2)s1. The lowest BCUT2D eigenvalue weighted by molar-refractivity contribution is 0.0760. The van der Waals surface area contributed by atoms with Crippen molar-refractivity contribution in [1.29, 1.82) is 0 Å². The zero-order valence-electron chi connectivity index (χ0n) is 15.9. The third kappa shape index (κ3) is 4.98. The van der Waals surface area contributed by atoms with E-state index in [1.807, 2.05) is 71.6 Å². The number of hydrogen-bond donors (Lipinski definition) is 0. The molecule has 1 amide bonds. The predicted octanol–water partition coefficient (Wildman–Crippen LogP) is 6.47. The Morgan fingerprint density at radius 2 is 1.48 bits per heavy atom. The van der Waals surface area contributed by atoms with Crippen molar-refractivity contribution < 1.29 is 9.53 Å². The van der Waals surface area contributed by atoms with Crippen molar-refractivity contribution in [1.82, 2.24) is 4.90 Å². The van der Waals surface area contributed by atoms with Crippen LogP contribution in [0.1, 0.15) is 36.4 Å². The van der Waals surface area contributed by atoms with Crippen LogP contribution in [0.25, 0.3) is 10.4 Å². The van der Waals surface area contributed by atoms with Gasteiger partial charge in [-0.05, 0) is 66.9 Å². The molecule has 3 nitrogen and oxygen atoms in total. The van der Waals surface area contributed by atoms with Crippen LogP contribution in [0.5, 0.6) is 11.5 Å². The third-order valence-electron chi connectivity index (χ3n) is 4.21. The summed E-state index contributed by atoms with van der Waals surface area (Å²) in [5, 5.41) is 0. The average molecular weight is 380 g/mol. The van der Waals surface area contributed by atoms with Crippen molar-refractivity contribution in [3.63, 3.8) is 0 Å². The number of benzene rings is 2. The number of nitrogens with zero attached hydrogens (tertiary/aromatic N) is 1. The number of ether oxygens (including phenoxy) is 1. The molecule has 0 unspecified atom stereocenters. The van der Waals surface area contributed by atoms with Crippen LogP contribution in [0.2, 0.25) is 0 Å². The molecule has 27 heavy (non-hydrogen) atoms. The van der Waals surface area contributed by atoms with Crippen LogP contribution in [0, 0.1) is 0 Å². The molecule has 0 saturated heterocycles. The van der Waals surface area contributed by atoms with Crippen LogP contribution in [-0.4, -0.2) is 23.9 Å². The van der Waals surface area contributed by atoms with Gasteiger partial charge in [0.25, 0.3) is 5.91 Å². The summed E-state index contributed by atoms with van der Waals surface area (Å²) in [6.45, 7) is 5.83. The monoisotopic (exact) mass is 379 g/mol. The molecule has 3 rings (SSSR count). The molecule has 0 fully saturated rings. The highest BCUT2D eigenvalue weighted by Crippen LogP contribution is 2.31. The Morgan fingerprint density at radius 3 is 2.11 bits per heavy atom. The molecule has 0 N–H and O–H groups in total. The van der Waals surface area contributed by atoms with E-state index in [2.05, 4.69) is 13.8 Å². The second-order valence-corrected chi connectivity index (χ2v) is 7.48. The highest BCUT2D eigenvalue weighted by atomic mass is 32.1. The van der Waals surface area contributed by atoms with Gasteiger partial charge < -0.3 is 9.64 Å². The maximum Gasteiger partial charge on any atom is 0.263 e. The third-order valence-corrected chi connectivity index (χ3v) is 5.33. The van der Waals surface area contributed by atoms with Crippen molar-refractivity contribution in [3.05, 3.63) is 71.6 Å². The molecule has 0 aliphatic heterocycles. The largest absolute Gasteiger partial charge is 0.457 e. The van der Waals surface area contributed by atoms with Gasteiger partial charge in [0.1, 0.15) is 11.5 Å². The molecule has 0 bridgehead atoms. The van der Waals surface area contributed by atoms with E-state index >= 15 is 0 Å². The van der Waals surface area contributed by atoms with E-state index in [1.54, 1.807) is 11.3 Å². The standard InChI is InChI=1S/C23H25NO2S/c1-3-16-24(17-4-2)23(25)22-15-14-21(27-22)18-10-12-20(13-11-18)26-19-8-6-5-7-9-19/h5-15H,3-4,16-17H2,1-2H3. The molecule has 0 aliphatic carbocycles. The fourth-order valence-corrected chi connectivity index (χ4v) is 3.91. The minimum absolute atomic E-state index is 0.138. The smallest absolute Gasteiger partial charge is 0.263 e. The number of amides is 1. The van der Waals surface area contributed by atoms with E-state index < -0.39 is 0 Å². The van der Waals surface area contributed by atoms with Crippen molar-refractivity contribution in [2.75, 3.05) is 13.1 Å². The van der Waals surface area contributed by atoms with Gasteiger partial charge in [0.05, 0.1) is 4.88 Å². The number of rotatable bonds is 8. The Morgan fingerprint density at radius 1 is 0.852 bits per heavy atom. The van der Waals surface area contributed by atoms with Gasteiger partial charge in [0.15, 0.2) is 0 Å². The molecule has 1 heterocycles. The van der Waals surface area contributed by atoms with E-state index in [4.69, 9.17) is 4.74 Å². The minimum atomic E-state index is 0.138. The molecule has 0 spiro atoms. The van der Waals surface area contributed by atoms with E-state index in [-0.39, 0.29) is 5.91 Å². The first-order valence-corrected chi connectivity index (χ1v) is 10.3. The quantitative estimate of drug-likeness (QED) is 0.449. The summed E-state index contributed by atoms with van der Waals surface area (Å²) in [6.07, 6.45) is 1.96. The molecular formula is C23H25NO2S. The summed E-state index contributed by atoms with van der Waals surface area (Å²) in [7, 11) is 0. The topological polar surface area (TPSA) is 29.5 Å². The fraction of sp³-hybridized carbons (Fsp3) is 0.261. The summed E-state index contributed by atoms with van der Waals surface area (Å²) in [4.78, 5) is 16.6. The van der Waals surface area contributed by atoms with Crippen LogP contribution < -0.4 is 4.74 Å². The number of hydrogen-bond acceptors (Lipinski definition) is 3. The van der Waals surface area contributed by atoms with Crippen LogP contribution in [0.3, 0.4) is 0 Å². The van der Waals surface area contributed by atoms with Gasteiger partial charge in [-0.3, -0.25) is 4.79 Å². The number of thiophene rings is 1. The molecule has 2 aromatic carbocycles. The summed E-state index contributed by atoms with van der Waals surface area (Å²) in [5.74, 6) is 1.76. The van der Waals surface area contributed by atoms with Gasteiger partial charge in [-0.25, -0.2) is 0 Å². The maximum atomic E-state index is 12.7. The second-order valence-electron chi connectivity index (χ2n) is 6.40. The normalized spacial score (nSPS) is 10.6. The fourth-order valence-electron chi connectivity index (χ4n) is 2.93. The summed E-state index contributed by atoms with van der Waals surface area (Å²) in [6, 6.07) is 21.7. The molecule has 0 atom stereocenters. The van der Waals surface area contributed by atoms with Crippen LogP contribution >= 0.6 is 11.3 Å². The van der Waals surface area contributed by atoms with Gasteiger partial charge in [0, 0.05) is 18.0 Å². The van der Waals surface area contributed by atoms with Crippen LogP contribution in [0.15, 0.2) is 66.7 Å². The van der Waals surface area contributed by atoms with E-state index in [0.29, 0.717) is 0 Å². The van der Waals surface area contributed by atoms with Gasteiger partial charge in [-0.1, -0.05) is 32.0 Å². The van der Waals surface area contributed by atoms with E-state index in [9.17, 15) is 4.79 Å². The van der Waals surface area contributed by atoms with Gasteiger partial charge in [0.2, 0.25) is 0 Å². The molecule has 140 valence electrons. The summed E-state index contributed by atoms with van der Waals surface area (Å²) >= 11 is 1.55. The lowest BCUT2D eigenvalue weighted by atomic mass is 10.2. The molecule has 0 aliphatic rings. The second kappa shape index (κ2) is 9.38. The van der Waals surface area contributed by atoms with Crippen molar-refractivity contribution in [2.45, 2.75) is 26.7 Å². The Labute approximate surface area is 165 Å². The summed E-state index contributed by atoms with van der Waals surface area (Å²) in [5.41, 5.74) is 1.09. The van der Waals surface area contributed by atoms with Crippen LogP contribution in [-0.2, 0) is 0 Å². The Balaban J connectivity index is 1.71. The Hall–Kier alpha value is -2.59. The zero-order chi connectivity index (χ0) is 19.1. The molecule has 4 heteroatoms. The highest BCUT2D eigenvalue weighted by Gasteiger charge is 2.16. The number of carbonyl (C=O) groups excluding carboxylic acids is 1. The molecule has 0 saturated carbocycles. The first-order chi connectivity index (χ1) is 13.2. The Kier molecular flexibility index (Phi) is 6.66. The van der Waals surface area contributed by atoms with Gasteiger partial charge in [-0.2, -0.15) is 0 Å². The maximum absolute atomic E-state index is 12.7. The highest BCUT2D eigenvalue weighted by molar-refractivity contribution is 7.17. The van der Waals surface area contributed by atoms with Gasteiger partial charge in [-0.15, -0.1) is 11.3 Å². The average Bonchev–Trinajstić information content (AvgIpc) is 3.19. The number of para-hydroxylation sites is 1. The van der Waals surface area contributed by atoms with E-state index in [1.165, 1.54) is 0 Å².